The van der Waals surface area contributed by atoms with Gasteiger partial charge in [-0.1, -0.05) is 35.7 Å². The van der Waals surface area contributed by atoms with E-state index < -0.39 is 10.0 Å². The molecule has 0 spiro atoms. The van der Waals surface area contributed by atoms with Crippen LogP contribution in [0.25, 0.3) is 0 Å². The molecule has 1 fully saturated rings. The Balaban J connectivity index is 2.05. The normalized spacial score (nSPS) is 23.8. The number of hydrogen-bond acceptors (Lipinski definition) is 2. The van der Waals surface area contributed by atoms with Crippen LogP contribution in [0.5, 0.6) is 0 Å². The Kier molecular flexibility index (Phi) is 5.68. The summed E-state index contributed by atoms with van der Waals surface area (Å²) in [4.78, 5) is 0.288. The molecule has 3 nitrogen and oxygen atoms in total. The van der Waals surface area contributed by atoms with Crippen LogP contribution in [0, 0.1) is 11.8 Å². The molecule has 20 heavy (non-hydrogen) atoms. The average Bonchev–Trinajstić information content (AvgIpc) is 2.39. The van der Waals surface area contributed by atoms with Crippen molar-refractivity contribution in [3.63, 3.8) is 0 Å². The maximum atomic E-state index is 12.4. The summed E-state index contributed by atoms with van der Waals surface area (Å²) < 4.78 is 28.8. The van der Waals surface area contributed by atoms with Crippen LogP contribution >= 0.6 is 31.9 Å². The van der Waals surface area contributed by atoms with E-state index in [1.165, 1.54) is 12.8 Å². The lowest BCUT2D eigenvalue weighted by Crippen LogP contribution is -2.31. The third-order valence-corrected chi connectivity index (χ3v) is 6.70. The van der Waals surface area contributed by atoms with Crippen molar-refractivity contribution in [3.8, 4) is 0 Å². The minimum Gasteiger partial charge on any atom is -0.211 e. The molecule has 0 aromatic heterocycles. The molecule has 2 rings (SSSR count). The lowest BCUT2D eigenvalue weighted by atomic mass is 9.83. The van der Waals surface area contributed by atoms with Gasteiger partial charge >= 0.3 is 0 Å². The zero-order valence-corrected chi connectivity index (χ0v) is 15.4. The summed E-state index contributed by atoms with van der Waals surface area (Å²) in [6.07, 6.45) is 4.70. The van der Waals surface area contributed by atoms with E-state index in [1.54, 1.807) is 12.1 Å². The monoisotopic (exact) mass is 423 g/mol. The Morgan fingerprint density at radius 3 is 2.75 bits per heavy atom. The van der Waals surface area contributed by atoms with E-state index in [0.29, 0.717) is 22.9 Å². The van der Waals surface area contributed by atoms with Gasteiger partial charge in [0.2, 0.25) is 10.0 Å². The molecule has 0 saturated heterocycles. The first-order valence-corrected chi connectivity index (χ1v) is 9.90. The van der Waals surface area contributed by atoms with Gasteiger partial charge in [0.1, 0.15) is 0 Å². The van der Waals surface area contributed by atoms with Crippen molar-refractivity contribution in [2.75, 3.05) is 6.54 Å². The van der Waals surface area contributed by atoms with Crippen LogP contribution in [0.3, 0.4) is 0 Å². The zero-order chi connectivity index (χ0) is 14.8. The van der Waals surface area contributed by atoms with Crippen molar-refractivity contribution in [1.82, 2.24) is 4.72 Å². The maximum Gasteiger partial charge on any atom is 0.241 e. The summed E-state index contributed by atoms with van der Waals surface area (Å²) in [6.45, 7) is 2.77. The fourth-order valence-corrected chi connectivity index (χ4v) is 5.35. The van der Waals surface area contributed by atoms with Gasteiger partial charge in [0.15, 0.2) is 0 Å². The van der Waals surface area contributed by atoms with E-state index in [9.17, 15) is 8.42 Å². The van der Waals surface area contributed by atoms with Crippen molar-refractivity contribution < 1.29 is 8.42 Å². The van der Waals surface area contributed by atoms with E-state index in [4.69, 9.17) is 0 Å². The molecule has 1 aliphatic rings. The molecule has 112 valence electrons. The Morgan fingerprint density at radius 2 is 2.05 bits per heavy atom. The molecule has 6 heteroatoms. The second kappa shape index (κ2) is 6.90. The molecular weight excluding hydrogens is 406 g/mol. The first-order valence-electron chi connectivity index (χ1n) is 6.83. The van der Waals surface area contributed by atoms with Crippen LogP contribution in [-0.4, -0.2) is 15.0 Å². The maximum absolute atomic E-state index is 12.4. The minimum absolute atomic E-state index is 0.288. The van der Waals surface area contributed by atoms with Crippen molar-refractivity contribution in [2.45, 2.75) is 37.5 Å². The molecule has 2 unspecified atom stereocenters. The molecule has 0 heterocycles. The zero-order valence-electron chi connectivity index (χ0n) is 11.4. The molecule has 0 bridgehead atoms. The molecule has 1 saturated carbocycles. The summed E-state index contributed by atoms with van der Waals surface area (Å²) in [5, 5.41) is 0. The Hall–Kier alpha value is 0.0900. The lowest BCUT2D eigenvalue weighted by Gasteiger charge is -2.26. The van der Waals surface area contributed by atoms with E-state index >= 15 is 0 Å². The summed E-state index contributed by atoms with van der Waals surface area (Å²) >= 11 is 6.61. The van der Waals surface area contributed by atoms with Crippen molar-refractivity contribution in [1.29, 1.82) is 0 Å². The summed E-state index contributed by atoms with van der Waals surface area (Å²) in [7, 11) is -3.46. The van der Waals surface area contributed by atoms with Gasteiger partial charge in [0.05, 0.1) is 4.90 Å². The number of nitrogens with one attached hydrogen (secondary N) is 1. The highest BCUT2D eigenvalue weighted by Gasteiger charge is 2.23. The molecule has 0 radical (unpaired) electrons. The summed E-state index contributed by atoms with van der Waals surface area (Å²) in [5.74, 6) is 1.16. The van der Waals surface area contributed by atoms with E-state index in [0.717, 1.165) is 17.3 Å². The van der Waals surface area contributed by atoms with Gasteiger partial charge in [-0.15, -0.1) is 0 Å². The third-order valence-electron chi connectivity index (χ3n) is 3.79. The van der Waals surface area contributed by atoms with Crippen LogP contribution in [0.1, 0.15) is 32.6 Å². The second-order valence-electron chi connectivity index (χ2n) is 5.56. The fourth-order valence-electron chi connectivity index (χ4n) is 2.73. The number of sulfonamides is 1. The average molecular weight is 425 g/mol. The SMILES string of the molecule is CC1CCCC(CNS(=O)(=O)c2cc(Br)ccc2Br)C1. The Morgan fingerprint density at radius 1 is 1.30 bits per heavy atom. The number of benzene rings is 1. The minimum atomic E-state index is -3.46. The van der Waals surface area contributed by atoms with Crippen LogP contribution in [-0.2, 0) is 10.0 Å². The number of hydrogen-bond donors (Lipinski definition) is 1. The summed E-state index contributed by atoms with van der Waals surface area (Å²) in [6, 6.07) is 5.17. The van der Waals surface area contributed by atoms with Gasteiger partial charge < -0.3 is 0 Å². The predicted molar refractivity (Wildman–Crippen MR) is 88.2 cm³/mol. The highest BCUT2D eigenvalue weighted by atomic mass is 79.9. The first kappa shape index (κ1) is 16.5. The van der Waals surface area contributed by atoms with Crippen LogP contribution in [0.2, 0.25) is 0 Å². The third kappa shape index (κ3) is 4.29. The molecular formula is C14H19Br2NO2S. The smallest absolute Gasteiger partial charge is 0.211 e. The van der Waals surface area contributed by atoms with Gasteiger partial charge in [-0.3, -0.25) is 0 Å². The van der Waals surface area contributed by atoms with Gasteiger partial charge in [0, 0.05) is 15.5 Å². The molecule has 0 aliphatic heterocycles. The van der Waals surface area contributed by atoms with Gasteiger partial charge in [-0.25, -0.2) is 13.1 Å². The van der Waals surface area contributed by atoms with E-state index in [-0.39, 0.29) is 4.90 Å². The Labute approximate surface area is 137 Å². The molecule has 1 N–H and O–H groups in total. The first-order chi connectivity index (χ1) is 9.38. The molecule has 1 aromatic carbocycles. The van der Waals surface area contributed by atoms with Gasteiger partial charge in [-0.05, 0) is 58.8 Å². The predicted octanol–water partition coefficient (Wildman–Crippen LogP) is 4.32. The Bertz CT molecular complexity index is 575. The molecule has 0 amide bonds. The number of rotatable bonds is 4. The van der Waals surface area contributed by atoms with Gasteiger partial charge in [0.25, 0.3) is 0 Å². The second-order valence-corrected chi connectivity index (χ2v) is 9.07. The van der Waals surface area contributed by atoms with Crippen molar-refractivity contribution in [2.24, 2.45) is 11.8 Å². The van der Waals surface area contributed by atoms with Crippen molar-refractivity contribution in [3.05, 3.63) is 27.1 Å². The lowest BCUT2D eigenvalue weighted by molar-refractivity contribution is 0.283. The van der Waals surface area contributed by atoms with Crippen molar-refractivity contribution >= 4 is 41.9 Å². The van der Waals surface area contributed by atoms with E-state index in [2.05, 4.69) is 43.5 Å². The van der Waals surface area contributed by atoms with E-state index in [1.807, 2.05) is 6.07 Å². The fraction of sp³-hybridized carbons (Fsp3) is 0.571. The number of halogens is 2. The molecule has 1 aromatic rings. The highest BCUT2D eigenvalue weighted by molar-refractivity contribution is 9.11. The van der Waals surface area contributed by atoms with Crippen LogP contribution in [0.15, 0.2) is 32.0 Å². The van der Waals surface area contributed by atoms with Gasteiger partial charge in [-0.2, -0.15) is 0 Å². The molecule has 1 aliphatic carbocycles. The standard InChI is InChI=1S/C14H19Br2NO2S/c1-10-3-2-4-11(7-10)9-17-20(18,19)14-8-12(15)5-6-13(14)16/h5-6,8,10-11,17H,2-4,7,9H2,1H3. The molecule has 2 atom stereocenters. The quantitative estimate of drug-likeness (QED) is 0.782. The summed E-state index contributed by atoms with van der Waals surface area (Å²) in [5.41, 5.74) is 0. The van der Waals surface area contributed by atoms with Crippen LogP contribution < -0.4 is 4.72 Å². The van der Waals surface area contributed by atoms with Crippen LogP contribution in [0.4, 0.5) is 0 Å². The topological polar surface area (TPSA) is 46.2 Å². The largest absolute Gasteiger partial charge is 0.241 e. The highest BCUT2D eigenvalue weighted by Crippen LogP contribution is 2.29.